The quantitative estimate of drug-likeness (QED) is 0.733. The van der Waals surface area contributed by atoms with Crippen molar-refractivity contribution < 1.29 is 13.2 Å². The van der Waals surface area contributed by atoms with Gasteiger partial charge in [0.25, 0.3) is 11.1 Å². The Morgan fingerprint density at radius 3 is 2.28 bits per heavy atom. The van der Waals surface area contributed by atoms with Gasteiger partial charge in [-0.3, -0.25) is 19.5 Å². The molecular formula is C15H18N4O5S. The number of benzene rings is 1. The second kappa shape index (κ2) is 6.45. The smallest absolute Gasteiger partial charge is 0.273 e. The van der Waals surface area contributed by atoms with Gasteiger partial charge in [0.2, 0.25) is 15.9 Å². The molecule has 1 N–H and O–H groups in total. The number of hydrogen-bond donors (Lipinski definition) is 1. The van der Waals surface area contributed by atoms with E-state index >= 15 is 0 Å². The van der Waals surface area contributed by atoms with Gasteiger partial charge in [0, 0.05) is 26.2 Å². The minimum atomic E-state index is -3.28. The van der Waals surface area contributed by atoms with Crippen molar-refractivity contribution in [2.45, 2.75) is 6.54 Å². The van der Waals surface area contributed by atoms with Gasteiger partial charge in [0.1, 0.15) is 6.54 Å². The zero-order valence-corrected chi connectivity index (χ0v) is 14.5. The first kappa shape index (κ1) is 17.4. The Bertz CT molecular complexity index is 1030. The van der Waals surface area contributed by atoms with E-state index in [-0.39, 0.29) is 49.4 Å². The van der Waals surface area contributed by atoms with Crippen molar-refractivity contribution in [2.75, 3.05) is 32.4 Å². The molecule has 0 radical (unpaired) electrons. The van der Waals surface area contributed by atoms with Crippen molar-refractivity contribution in [3.05, 3.63) is 45.0 Å². The zero-order chi connectivity index (χ0) is 18.2. The Morgan fingerprint density at radius 2 is 1.68 bits per heavy atom. The molecule has 0 saturated carbocycles. The highest BCUT2D eigenvalue weighted by Crippen LogP contribution is 2.07. The Labute approximate surface area is 143 Å². The van der Waals surface area contributed by atoms with Gasteiger partial charge in [-0.1, -0.05) is 12.1 Å². The number of rotatable bonds is 3. The number of fused-ring (bicyclic) bond motifs is 1. The first-order valence-electron chi connectivity index (χ1n) is 7.72. The Balaban J connectivity index is 1.79. The molecule has 0 aliphatic carbocycles. The van der Waals surface area contributed by atoms with E-state index in [9.17, 15) is 22.8 Å². The topological polar surface area (TPSA) is 113 Å². The summed E-state index contributed by atoms with van der Waals surface area (Å²) >= 11 is 0. The Morgan fingerprint density at radius 1 is 1.08 bits per heavy atom. The van der Waals surface area contributed by atoms with Crippen LogP contribution in [0.15, 0.2) is 33.9 Å². The minimum Gasteiger partial charge on any atom is -0.338 e. The monoisotopic (exact) mass is 366 g/mol. The van der Waals surface area contributed by atoms with Crippen molar-refractivity contribution in [2.24, 2.45) is 0 Å². The molecule has 0 bridgehead atoms. The highest BCUT2D eigenvalue weighted by atomic mass is 32.2. The summed E-state index contributed by atoms with van der Waals surface area (Å²) in [5.41, 5.74) is -0.886. The highest BCUT2D eigenvalue weighted by molar-refractivity contribution is 7.88. The van der Waals surface area contributed by atoms with Crippen LogP contribution < -0.4 is 11.1 Å². The molecule has 1 aliphatic heterocycles. The summed E-state index contributed by atoms with van der Waals surface area (Å²) in [7, 11) is -3.28. The van der Waals surface area contributed by atoms with Crippen LogP contribution in [0.1, 0.15) is 0 Å². The first-order valence-corrected chi connectivity index (χ1v) is 9.57. The molecule has 25 heavy (non-hydrogen) atoms. The lowest BCUT2D eigenvalue weighted by Crippen LogP contribution is -2.51. The van der Waals surface area contributed by atoms with Crippen LogP contribution in [0.4, 0.5) is 0 Å². The lowest BCUT2D eigenvalue weighted by Gasteiger charge is -2.33. The molecule has 0 spiro atoms. The third kappa shape index (κ3) is 3.49. The summed E-state index contributed by atoms with van der Waals surface area (Å²) in [4.78, 5) is 38.4. The first-order chi connectivity index (χ1) is 11.8. The van der Waals surface area contributed by atoms with Gasteiger partial charge in [-0.15, -0.1) is 0 Å². The molecule has 10 heteroatoms. The van der Waals surface area contributed by atoms with E-state index < -0.39 is 21.1 Å². The summed E-state index contributed by atoms with van der Waals surface area (Å²) < 4.78 is 25.3. The van der Waals surface area contributed by atoms with Crippen LogP contribution in [0, 0.1) is 0 Å². The molecule has 3 rings (SSSR count). The molecule has 2 heterocycles. The average Bonchev–Trinajstić information content (AvgIpc) is 2.59. The molecule has 1 aromatic heterocycles. The summed E-state index contributed by atoms with van der Waals surface area (Å²) in [6.45, 7) is 0.635. The van der Waals surface area contributed by atoms with Crippen molar-refractivity contribution in [1.82, 2.24) is 19.0 Å². The Kier molecular flexibility index (Phi) is 4.48. The maximum atomic E-state index is 12.4. The van der Waals surface area contributed by atoms with Crippen LogP contribution in [0.2, 0.25) is 0 Å². The zero-order valence-electron chi connectivity index (χ0n) is 13.6. The number of aromatic nitrogens is 2. The highest BCUT2D eigenvalue weighted by Gasteiger charge is 2.26. The number of nitrogens with one attached hydrogen (secondary N) is 1. The van der Waals surface area contributed by atoms with Crippen LogP contribution in [-0.4, -0.2) is 65.7 Å². The van der Waals surface area contributed by atoms with Gasteiger partial charge in [-0.25, -0.2) is 13.1 Å². The molecule has 1 fully saturated rings. The van der Waals surface area contributed by atoms with E-state index in [0.29, 0.717) is 0 Å². The normalized spacial score (nSPS) is 16.3. The maximum Gasteiger partial charge on any atom is 0.273 e. The number of carbonyl (C=O) groups is 1. The maximum absolute atomic E-state index is 12.4. The van der Waals surface area contributed by atoms with Gasteiger partial charge in [0.15, 0.2) is 0 Å². The van der Waals surface area contributed by atoms with Crippen molar-refractivity contribution >= 4 is 26.7 Å². The van der Waals surface area contributed by atoms with E-state index in [1.807, 2.05) is 0 Å². The van der Waals surface area contributed by atoms with E-state index in [0.717, 1.165) is 10.9 Å². The van der Waals surface area contributed by atoms with Crippen LogP contribution in [0.5, 0.6) is 0 Å². The lowest BCUT2D eigenvalue weighted by atomic mass is 10.2. The fraction of sp³-hybridized carbons (Fsp3) is 0.400. The fourth-order valence-electron chi connectivity index (χ4n) is 2.86. The second-order valence-electron chi connectivity index (χ2n) is 5.92. The standard InChI is InChI=1S/C15H18N4O5S/c1-25(23,24)18-8-6-17(7-9-18)13(20)10-19-15(22)12-5-3-2-4-11(12)14(21)16-19/h2-5H,6-10H2,1H3,(H,16,21). The largest absolute Gasteiger partial charge is 0.338 e. The van der Waals surface area contributed by atoms with Crippen LogP contribution in [-0.2, 0) is 21.4 Å². The number of sulfonamides is 1. The third-order valence-electron chi connectivity index (χ3n) is 4.24. The van der Waals surface area contributed by atoms with Crippen molar-refractivity contribution in [1.29, 1.82) is 0 Å². The molecule has 1 amide bonds. The van der Waals surface area contributed by atoms with E-state index in [4.69, 9.17) is 0 Å². The molecular weight excluding hydrogens is 348 g/mol. The molecule has 1 aromatic carbocycles. The molecule has 0 unspecified atom stereocenters. The van der Waals surface area contributed by atoms with Gasteiger partial charge in [0.05, 0.1) is 17.0 Å². The van der Waals surface area contributed by atoms with Crippen molar-refractivity contribution in [3.8, 4) is 0 Å². The predicted octanol–water partition coefficient (Wildman–Crippen LogP) is -1.21. The molecule has 1 aliphatic rings. The summed E-state index contributed by atoms with van der Waals surface area (Å²) in [6, 6.07) is 6.40. The third-order valence-corrected chi connectivity index (χ3v) is 5.54. The number of H-pyrrole nitrogens is 1. The average molecular weight is 366 g/mol. The SMILES string of the molecule is CS(=O)(=O)N1CCN(C(=O)Cn2[nH]c(=O)c3ccccc3c2=O)CC1. The Hall–Kier alpha value is -2.46. The summed E-state index contributed by atoms with van der Waals surface area (Å²) in [6.07, 6.45) is 1.13. The lowest BCUT2D eigenvalue weighted by molar-refractivity contribution is -0.133. The van der Waals surface area contributed by atoms with Gasteiger partial charge in [-0.05, 0) is 12.1 Å². The summed E-state index contributed by atoms with van der Waals surface area (Å²) in [5.74, 6) is -0.346. The number of carbonyl (C=O) groups excluding carboxylic acids is 1. The van der Waals surface area contributed by atoms with Crippen molar-refractivity contribution in [3.63, 3.8) is 0 Å². The molecule has 134 valence electrons. The molecule has 1 saturated heterocycles. The van der Waals surface area contributed by atoms with Gasteiger partial charge in [-0.2, -0.15) is 4.31 Å². The number of hydrogen-bond acceptors (Lipinski definition) is 5. The number of piperazine rings is 1. The molecule has 9 nitrogen and oxygen atoms in total. The predicted molar refractivity (Wildman–Crippen MR) is 91.8 cm³/mol. The van der Waals surface area contributed by atoms with E-state index in [2.05, 4.69) is 5.10 Å². The second-order valence-corrected chi connectivity index (χ2v) is 7.90. The minimum absolute atomic E-state index is 0.216. The number of amides is 1. The van der Waals surface area contributed by atoms with Gasteiger partial charge >= 0.3 is 0 Å². The number of nitrogens with zero attached hydrogens (tertiary/aromatic N) is 3. The van der Waals surface area contributed by atoms with Crippen LogP contribution in [0.3, 0.4) is 0 Å². The van der Waals surface area contributed by atoms with Crippen LogP contribution >= 0.6 is 0 Å². The van der Waals surface area contributed by atoms with Gasteiger partial charge < -0.3 is 4.90 Å². The van der Waals surface area contributed by atoms with Crippen LogP contribution in [0.25, 0.3) is 10.8 Å². The van der Waals surface area contributed by atoms with E-state index in [1.54, 1.807) is 24.3 Å². The summed E-state index contributed by atoms with van der Waals surface area (Å²) in [5, 5.41) is 2.94. The number of aromatic amines is 1. The van der Waals surface area contributed by atoms with E-state index in [1.165, 1.54) is 9.21 Å². The molecule has 0 atom stereocenters. The molecule has 2 aromatic rings. The fourth-order valence-corrected chi connectivity index (χ4v) is 3.69.